The van der Waals surface area contributed by atoms with Gasteiger partial charge in [0.05, 0.1) is 5.56 Å². The van der Waals surface area contributed by atoms with Crippen molar-refractivity contribution >= 4 is 28.5 Å². The summed E-state index contributed by atoms with van der Waals surface area (Å²) in [5.41, 5.74) is -0.212. The van der Waals surface area contributed by atoms with Crippen LogP contribution in [0.1, 0.15) is 48.8 Å². The quantitative estimate of drug-likeness (QED) is 0.537. The molecule has 0 fully saturated rings. The van der Waals surface area contributed by atoms with Gasteiger partial charge in [0, 0.05) is 29.6 Å². The van der Waals surface area contributed by atoms with Crippen LogP contribution in [0.4, 0.5) is 18.9 Å². The number of nitrogens with zero attached hydrogens (tertiary/aromatic N) is 1. The summed E-state index contributed by atoms with van der Waals surface area (Å²) in [4.78, 5) is 24.0. The Morgan fingerprint density at radius 2 is 1.71 bits per heavy atom. The molecule has 1 heterocycles. The number of carboxylic acid groups (broad SMARTS) is 1. The number of aromatic nitrogens is 1. The molecule has 0 radical (unpaired) electrons. The highest BCUT2D eigenvalue weighted by Gasteiger charge is 2.33. The number of aromatic carboxylic acids is 1. The fourth-order valence-electron chi connectivity index (χ4n) is 3.49. The summed E-state index contributed by atoms with van der Waals surface area (Å²) < 4.78 is 41.5. The molecule has 0 bridgehead atoms. The Balaban J connectivity index is 2.00. The van der Waals surface area contributed by atoms with Crippen molar-refractivity contribution in [2.45, 2.75) is 39.9 Å². The molecule has 0 saturated heterocycles. The average molecular weight is 432 g/mol. The Labute approximate surface area is 177 Å². The Bertz CT molecular complexity index is 1140. The molecular weight excluding hydrogens is 409 g/mol. The van der Waals surface area contributed by atoms with E-state index in [9.17, 15) is 27.9 Å². The molecule has 0 saturated carbocycles. The Hall–Kier alpha value is -3.29. The van der Waals surface area contributed by atoms with Crippen LogP contribution in [0.2, 0.25) is 0 Å². The first-order valence-electron chi connectivity index (χ1n) is 9.67. The predicted molar refractivity (Wildman–Crippen MR) is 112 cm³/mol. The fourth-order valence-corrected chi connectivity index (χ4v) is 3.49. The van der Waals surface area contributed by atoms with Crippen molar-refractivity contribution in [3.8, 4) is 0 Å². The van der Waals surface area contributed by atoms with Gasteiger partial charge in [-0.3, -0.25) is 4.79 Å². The van der Waals surface area contributed by atoms with Gasteiger partial charge in [-0.25, -0.2) is 4.79 Å². The minimum Gasteiger partial charge on any atom is -0.477 e. The van der Waals surface area contributed by atoms with E-state index in [0.717, 1.165) is 6.07 Å². The number of halogens is 3. The summed E-state index contributed by atoms with van der Waals surface area (Å²) in [5.74, 6) is -1.43. The molecule has 0 unspecified atom stereocenters. The second-order valence-corrected chi connectivity index (χ2v) is 8.63. The van der Waals surface area contributed by atoms with Crippen molar-refractivity contribution in [3.05, 3.63) is 65.4 Å². The number of carbonyl (C=O) groups is 2. The van der Waals surface area contributed by atoms with Crippen molar-refractivity contribution in [1.82, 2.24) is 4.57 Å². The first-order chi connectivity index (χ1) is 14.3. The molecule has 3 aromatic rings. The van der Waals surface area contributed by atoms with Crippen molar-refractivity contribution in [2.24, 2.45) is 5.41 Å². The maximum absolute atomic E-state index is 13.4. The SMILES string of the molecule is CC(C)(C)CC(=O)Nc1ccc2c(c1)cc(C(=O)O)n2Cc1ccccc1C(F)(F)F. The lowest BCUT2D eigenvalue weighted by Gasteiger charge is -2.17. The van der Waals surface area contributed by atoms with E-state index < -0.39 is 17.7 Å². The van der Waals surface area contributed by atoms with E-state index in [4.69, 9.17) is 0 Å². The monoisotopic (exact) mass is 432 g/mol. The number of carbonyl (C=O) groups excluding carboxylic acids is 1. The molecular formula is C23H23F3N2O3. The van der Waals surface area contributed by atoms with Gasteiger partial charge in [-0.05, 0) is 41.3 Å². The highest BCUT2D eigenvalue weighted by molar-refractivity contribution is 5.98. The lowest BCUT2D eigenvalue weighted by atomic mass is 9.92. The molecule has 2 N–H and O–H groups in total. The van der Waals surface area contributed by atoms with Gasteiger partial charge in [0.2, 0.25) is 5.91 Å². The van der Waals surface area contributed by atoms with Crippen LogP contribution < -0.4 is 5.32 Å². The predicted octanol–water partition coefficient (Wildman–Crippen LogP) is 5.78. The van der Waals surface area contributed by atoms with Crippen LogP contribution in [-0.2, 0) is 17.5 Å². The van der Waals surface area contributed by atoms with Gasteiger partial charge in [-0.15, -0.1) is 0 Å². The van der Waals surface area contributed by atoms with Gasteiger partial charge in [0.25, 0.3) is 0 Å². The number of fused-ring (bicyclic) bond motifs is 1. The first kappa shape index (κ1) is 22.4. The number of benzene rings is 2. The van der Waals surface area contributed by atoms with Crippen molar-refractivity contribution < 1.29 is 27.9 Å². The molecule has 1 amide bonds. The van der Waals surface area contributed by atoms with Crippen LogP contribution in [0.25, 0.3) is 10.9 Å². The summed E-state index contributed by atoms with van der Waals surface area (Å²) in [6.45, 7) is 5.56. The number of anilines is 1. The average Bonchev–Trinajstić information content (AvgIpc) is 2.97. The standard InChI is InChI=1S/C23H23F3N2O3/c1-22(2,3)12-20(29)27-16-8-9-18-15(10-16)11-19(21(30)31)28(18)13-14-6-4-5-7-17(14)23(24,25)26/h4-11H,12-13H2,1-3H3,(H,27,29)(H,30,31). The molecule has 0 spiro atoms. The van der Waals surface area contributed by atoms with Gasteiger partial charge in [-0.2, -0.15) is 13.2 Å². The second kappa shape index (κ2) is 8.09. The molecule has 31 heavy (non-hydrogen) atoms. The van der Waals surface area contributed by atoms with Crippen LogP contribution in [-0.4, -0.2) is 21.6 Å². The van der Waals surface area contributed by atoms with Crippen molar-refractivity contribution in [3.63, 3.8) is 0 Å². The third-order valence-electron chi connectivity index (χ3n) is 4.75. The Morgan fingerprint density at radius 1 is 1.03 bits per heavy atom. The van der Waals surface area contributed by atoms with Crippen LogP contribution >= 0.6 is 0 Å². The number of nitrogens with one attached hydrogen (secondary N) is 1. The third-order valence-corrected chi connectivity index (χ3v) is 4.75. The van der Waals surface area contributed by atoms with Crippen LogP contribution in [0.15, 0.2) is 48.5 Å². The van der Waals surface area contributed by atoms with E-state index in [1.807, 2.05) is 20.8 Å². The van der Waals surface area contributed by atoms with Crippen LogP contribution in [0.3, 0.4) is 0 Å². The number of rotatable bonds is 5. The first-order valence-corrected chi connectivity index (χ1v) is 9.67. The summed E-state index contributed by atoms with van der Waals surface area (Å²) >= 11 is 0. The number of alkyl halides is 3. The zero-order chi connectivity index (χ0) is 23.0. The third kappa shape index (κ3) is 5.25. The van der Waals surface area contributed by atoms with E-state index in [2.05, 4.69) is 5.32 Å². The molecule has 0 aliphatic carbocycles. The summed E-state index contributed by atoms with van der Waals surface area (Å²) in [7, 11) is 0. The van der Waals surface area contributed by atoms with Crippen molar-refractivity contribution in [1.29, 1.82) is 0 Å². The molecule has 2 aromatic carbocycles. The highest BCUT2D eigenvalue weighted by atomic mass is 19.4. The van der Waals surface area contributed by atoms with E-state index in [1.54, 1.807) is 18.2 Å². The van der Waals surface area contributed by atoms with Crippen LogP contribution in [0, 0.1) is 5.41 Å². The molecule has 164 valence electrons. The maximum atomic E-state index is 13.4. The van der Waals surface area contributed by atoms with E-state index in [0.29, 0.717) is 23.0 Å². The maximum Gasteiger partial charge on any atom is 0.416 e. The zero-order valence-corrected chi connectivity index (χ0v) is 17.4. The van der Waals surface area contributed by atoms with E-state index in [-0.39, 0.29) is 29.1 Å². The molecule has 0 aliphatic rings. The number of hydrogen-bond acceptors (Lipinski definition) is 2. The summed E-state index contributed by atoms with van der Waals surface area (Å²) in [5, 5.41) is 12.9. The van der Waals surface area contributed by atoms with Gasteiger partial charge in [0.1, 0.15) is 5.69 Å². The van der Waals surface area contributed by atoms with Gasteiger partial charge < -0.3 is 15.0 Å². The normalized spacial score (nSPS) is 12.2. The number of amides is 1. The van der Waals surface area contributed by atoms with Gasteiger partial charge in [0.15, 0.2) is 0 Å². The molecule has 3 rings (SSSR count). The lowest BCUT2D eigenvalue weighted by molar-refractivity contribution is -0.138. The van der Waals surface area contributed by atoms with Gasteiger partial charge >= 0.3 is 12.1 Å². The smallest absolute Gasteiger partial charge is 0.416 e. The molecule has 8 heteroatoms. The second-order valence-electron chi connectivity index (χ2n) is 8.63. The lowest BCUT2D eigenvalue weighted by Crippen LogP contribution is -2.19. The minimum absolute atomic E-state index is 0.0300. The minimum atomic E-state index is -4.55. The fraction of sp³-hybridized carbons (Fsp3) is 0.304. The molecule has 0 aliphatic heterocycles. The molecule has 5 nitrogen and oxygen atoms in total. The molecule has 1 aromatic heterocycles. The van der Waals surface area contributed by atoms with E-state index >= 15 is 0 Å². The largest absolute Gasteiger partial charge is 0.477 e. The highest BCUT2D eigenvalue weighted by Crippen LogP contribution is 2.33. The van der Waals surface area contributed by atoms with Gasteiger partial charge in [-0.1, -0.05) is 39.0 Å². The van der Waals surface area contributed by atoms with E-state index in [1.165, 1.54) is 28.8 Å². The van der Waals surface area contributed by atoms with Crippen LogP contribution in [0.5, 0.6) is 0 Å². The topological polar surface area (TPSA) is 71.3 Å². The summed E-state index contributed by atoms with van der Waals surface area (Å²) in [6, 6.07) is 11.3. The summed E-state index contributed by atoms with van der Waals surface area (Å²) in [6.07, 6.45) is -4.24. The zero-order valence-electron chi connectivity index (χ0n) is 17.4. The Morgan fingerprint density at radius 3 is 2.32 bits per heavy atom. The molecule has 0 atom stereocenters. The van der Waals surface area contributed by atoms with Crippen molar-refractivity contribution in [2.75, 3.05) is 5.32 Å². The Kier molecular flexibility index (Phi) is 5.85. The number of carboxylic acids is 1. The number of hydrogen-bond donors (Lipinski definition) is 2.